The van der Waals surface area contributed by atoms with Gasteiger partial charge in [0.05, 0.1) is 7.11 Å². The summed E-state index contributed by atoms with van der Waals surface area (Å²) < 4.78 is 15.1. The summed E-state index contributed by atoms with van der Waals surface area (Å²) in [4.78, 5) is 35.2. The molecule has 2 amide bonds. The predicted molar refractivity (Wildman–Crippen MR) is 96.5 cm³/mol. The highest BCUT2D eigenvalue weighted by Gasteiger charge is 2.15. The summed E-state index contributed by atoms with van der Waals surface area (Å²) in [5, 5.41) is 0.543. The van der Waals surface area contributed by atoms with Crippen LogP contribution in [0, 0.1) is 0 Å². The lowest BCUT2D eigenvalue weighted by atomic mass is 10.2. The van der Waals surface area contributed by atoms with Crippen molar-refractivity contribution in [2.75, 3.05) is 20.3 Å². The van der Waals surface area contributed by atoms with Crippen molar-refractivity contribution in [2.45, 2.75) is 0 Å². The number of halogens is 1. The molecular weight excluding hydrogens is 376 g/mol. The first-order valence-corrected chi connectivity index (χ1v) is 8.13. The summed E-state index contributed by atoms with van der Waals surface area (Å²) in [6, 6.07) is 12.9. The van der Waals surface area contributed by atoms with Crippen LogP contribution in [0.2, 0.25) is 5.02 Å². The molecule has 0 aromatic heterocycles. The van der Waals surface area contributed by atoms with Crippen LogP contribution in [-0.2, 0) is 14.3 Å². The lowest BCUT2D eigenvalue weighted by Crippen LogP contribution is -2.45. The van der Waals surface area contributed by atoms with E-state index in [1.165, 1.54) is 13.2 Å². The molecule has 0 aliphatic heterocycles. The Hall–Kier alpha value is -3.26. The molecule has 2 rings (SSSR count). The second-order valence-corrected chi connectivity index (χ2v) is 5.55. The van der Waals surface area contributed by atoms with Crippen LogP contribution < -0.4 is 20.3 Å². The molecule has 0 bridgehead atoms. The number of benzene rings is 2. The van der Waals surface area contributed by atoms with Crippen molar-refractivity contribution < 1.29 is 28.6 Å². The number of hydrogen-bond donors (Lipinski definition) is 2. The third-order valence-corrected chi connectivity index (χ3v) is 3.44. The number of carbonyl (C=O) groups is 3. The minimum absolute atomic E-state index is 0.188. The standard InChI is InChI=1S/C18H17ClN2O6/c1-25-15-5-3-2-4-14(15)18(24)27-11-17(23)21-20-16(22)10-26-13-8-6-12(19)7-9-13/h2-9H,10-11H2,1H3,(H,20,22)(H,21,23). The molecule has 0 radical (unpaired) electrons. The average Bonchev–Trinajstić information content (AvgIpc) is 2.69. The van der Waals surface area contributed by atoms with Gasteiger partial charge in [0.25, 0.3) is 11.8 Å². The van der Waals surface area contributed by atoms with E-state index in [1.54, 1.807) is 42.5 Å². The van der Waals surface area contributed by atoms with E-state index < -0.39 is 24.4 Å². The van der Waals surface area contributed by atoms with E-state index in [-0.39, 0.29) is 12.2 Å². The summed E-state index contributed by atoms with van der Waals surface area (Å²) in [5.74, 6) is -1.24. The summed E-state index contributed by atoms with van der Waals surface area (Å²) in [5.41, 5.74) is 4.45. The zero-order valence-corrected chi connectivity index (χ0v) is 15.1. The number of esters is 1. The minimum atomic E-state index is -0.722. The third kappa shape index (κ3) is 6.52. The Bertz CT molecular complexity index is 810. The SMILES string of the molecule is COc1ccccc1C(=O)OCC(=O)NNC(=O)COc1ccc(Cl)cc1. The third-order valence-electron chi connectivity index (χ3n) is 3.19. The zero-order valence-electron chi connectivity index (χ0n) is 14.4. The molecule has 0 fully saturated rings. The topological polar surface area (TPSA) is 103 Å². The van der Waals surface area contributed by atoms with Gasteiger partial charge in [0.15, 0.2) is 13.2 Å². The Morgan fingerprint density at radius 1 is 0.926 bits per heavy atom. The van der Waals surface area contributed by atoms with Crippen molar-refractivity contribution in [1.82, 2.24) is 10.9 Å². The van der Waals surface area contributed by atoms with Gasteiger partial charge in [-0.1, -0.05) is 23.7 Å². The molecule has 2 aromatic carbocycles. The molecule has 2 N–H and O–H groups in total. The van der Waals surface area contributed by atoms with E-state index in [9.17, 15) is 14.4 Å². The van der Waals surface area contributed by atoms with Crippen LogP contribution in [0.4, 0.5) is 0 Å². The number of carbonyl (C=O) groups excluding carboxylic acids is 3. The van der Waals surface area contributed by atoms with Crippen LogP contribution in [0.25, 0.3) is 0 Å². The van der Waals surface area contributed by atoms with Crippen molar-refractivity contribution in [2.24, 2.45) is 0 Å². The van der Waals surface area contributed by atoms with E-state index in [4.69, 9.17) is 25.8 Å². The molecule has 8 nitrogen and oxygen atoms in total. The van der Waals surface area contributed by atoms with E-state index in [2.05, 4.69) is 10.9 Å². The molecule has 27 heavy (non-hydrogen) atoms. The average molecular weight is 393 g/mol. The van der Waals surface area contributed by atoms with E-state index in [0.29, 0.717) is 16.5 Å². The minimum Gasteiger partial charge on any atom is -0.496 e. The maximum absolute atomic E-state index is 12.0. The van der Waals surface area contributed by atoms with E-state index in [1.807, 2.05) is 0 Å². The van der Waals surface area contributed by atoms with Crippen molar-refractivity contribution in [1.29, 1.82) is 0 Å². The lowest BCUT2D eigenvalue weighted by Gasteiger charge is -2.10. The largest absolute Gasteiger partial charge is 0.496 e. The molecule has 0 heterocycles. The van der Waals surface area contributed by atoms with Crippen LogP contribution in [-0.4, -0.2) is 38.1 Å². The monoisotopic (exact) mass is 392 g/mol. The molecule has 142 valence electrons. The molecule has 0 saturated heterocycles. The molecule has 0 aliphatic carbocycles. The molecule has 0 spiro atoms. The van der Waals surface area contributed by atoms with Crippen LogP contribution in [0.15, 0.2) is 48.5 Å². The van der Waals surface area contributed by atoms with Gasteiger partial charge in [-0.15, -0.1) is 0 Å². The van der Waals surface area contributed by atoms with Gasteiger partial charge in [0, 0.05) is 5.02 Å². The van der Waals surface area contributed by atoms with Gasteiger partial charge < -0.3 is 14.2 Å². The highest BCUT2D eigenvalue weighted by Crippen LogP contribution is 2.18. The Kier molecular flexibility index (Phi) is 7.45. The molecule has 9 heteroatoms. The number of ether oxygens (including phenoxy) is 3. The first-order chi connectivity index (χ1) is 13.0. The van der Waals surface area contributed by atoms with Crippen molar-refractivity contribution in [3.05, 3.63) is 59.1 Å². The number of nitrogens with one attached hydrogen (secondary N) is 2. The molecular formula is C18H17ClN2O6. The molecule has 0 aliphatic rings. The van der Waals surface area contributed by atoms with Gasteiger partial charge >= 0.3 is 5.97 Å². The Morgan fingerprint density at radius 2 is 1.56 bits per heavy atom. The van der Waals surface area contributed by atoms with Gasteiger partial charge in [0.2, 0.25) is 0 Å². The number of hydrazine groups is 1. The predicted octanol–water partition coefficient (Wildman–Crippen LogP) is 1.73. The van der Waals surface area contributed by atoms with E-state index >= 15 is 0 Å². The fraction of sp³-hybridized carbons (Fsp3) is 0.167. The van der Waals surface area contributed by atoms with Crippen molar-refractivity contribution in [3.63, 3.8) is 0 Å². The maximum Gasteiger partial charge on any atom is 0.342 e. The molecule has 2 aromatic rings. The summed E-state index contributed by atoms with van der Waals surface area (Å²) in [6.07, 6.45) is 0. The van der Waals surface area contributed by atoms with Crippen molar-refractivity contribution in [3.8, 4) is 11.5 Å². The summed E-state index contributed by atoms with van der Waals surface area (Å²) >= 11 is 5.74. The second-order valence-electron chi connectivity index (χ2n) is 5.12. The highest BCUT2D eigenvalue weighted by molar-refractivity contribution is 6.30. The van der Waals surface area contributed by atoms with Crippen molar-refractivity contribution >= 4 is 29.4 Å². The van der Waals surface area contributed by atoms with Crippen LogP contribution in [0.5, 0.6) is 11.5 Å². The lowest BCUT2D eigenvalue weighted by molar-refractivity contribution is -0.131. The quantitative estimate of drug-likeness (QED) is 0.549. The number of hydrogen-bond acceptors (Lipinski definition) is 6. The first-order valence-electron chi connectivity index (χ1n) is 7.76. The number of methoxy groups -OCH3 is 1. The smallest absolute Gasteiger partial charge is 0.342 e. The second kappa shape index (κ2) is 10.0. The number of rotatable bonds is 7. The Labute approximate surface area is 160 Å². The number of amides is 2. The van der Waals surface area contributed by atoms with Gasteiger partial charge in [0.1, 0.15) is 17.1 Å². The fourth-order valence-electron chi connectivity index (χ4n) is 1.91. The Balaban J connectivity index is 1.70. The molecule has 0 saturated carbocycles. The zero-order chi connectivity index (χ0) is 19.6. The number of para-hydroxylation sites is 1. The molecule has 0 unspecified atom stereocenters. The van der Waals surface area contributed by atoms with Crippen LogP contribution in [0.3, 0.4) is 0 Å². The fourth-order valence-corrected chi connectivity index (χ4v) is 2.04. The normalized spacial score (nSPS) is 9.85. The van der Waals surface area contributed by atoms with Crippen LogP contribution >= 0.6 is 11.6 Å². The summed E-state index contributed by atoms with van der Waals surface area (Å²) in [6.45, 7) is -0.891. The highest BCUT2D eigenvalue weighted by atomic mass is 35.5. The first kappa shape index (κ1) is 20.1. The van der Waals surface area contributed by atoms with Gasteiger partial charge in [-0.05, 0) is 36.4 Å². The Morgan fingerprint density at radius 3 is 2.22 bits per heavy atom. The summed E-state index contributed by atoms with van der Waals surface area (Å²) in [7, 11) is 1.42. The van der Waals surface area contributed by atoms with Gasteiger partial charge in [-0.25, -0.2) is 4.79 Å². The van der Waals surface area contributed by atoms with Gasteiger partial charge in [-0.2, -0.15) is 0 Å². The van der Waals surface area contributed by atoms with Gasteiger partial charge in [-0.3, -0.25) is 20.4 Å². The van der Waals surface area contributed by atoms with Crippen LogP contribution in [0.1, 0.15) is 10.4 Å². The molecule has 0 atom stereocenters. The van der Waals surface area contributed by atoms with E-state index in [0.717, 1.165) is 0 Å². The maximum atomic E-state index is 12.0.